The summed E-state index contributed by atoms with van der Waals surface area (Å²) < 4.78 is 18.8. The molecule has 3 unspecified atom stereocenters. The highest BCUT2D eigenvalue weighted by Crippen LogP contribution is 2.58. The molecule has 0 spiro atoms. The van der Waals surface area contributed by atoms with Gasteiger partial charge in [0.1, 0.15) is 16.7 Å². The molecule has 2 aliphatic rings. The van der Waals surface area contributed by atoms with Crippen LogP contribution in [0.3, 0.4) is 0 Å². The number of amides is 1. The topological polar surface area (TPSA) is 71.3 Å². The molecule has 3 heterocycles. The Labute approximate surface area is 167 Å². The summed E-state index contributed by atoms with van der Waals surface area (Å²) in [4.78, 5) is 18.6. The molecule has 6 nitrogen and oxygen atoms in total. The van der Waals surface area contributed by atoms with Crippen LogP contribution in [-0.2, 0) is 16.1 Å². The third kappa shape index (κ3) is 3.46. The Morgan fingerprint density at radius 2 is 2.19 bits per heavy atom. The lowest BCUT2D eigenvalue weighted by atomic mass is 10.0. The summed E-state index contributed by atoms with van der Waals surface area (Å²) >= 11 is 1.70. The maximum absolute atomic E-state index is 13.3. The molecule has 27 heavy (non-hydrogen) atoms. The molecule has 2 aliphatic heterocycles. The van der Waals surface area contributed by atoms with Crippen LogP contribution < -0.4 is 5.32 Å². The largest absolute Gasteiger partial charge is 0.337 e. The first-order chi connectivity index (χ1) is 12.5. The summed E-state index contributed by atoms with van der Waals surface area (Å²) in [5.74, 6) is 1.60. The zero-order valence-corrected chi connectivity index (χ0v) is 16.8. The molecule has 9 heteroatoms. The van der Waals surface area contributed by atoms with Gasteiger partial charge >= 0.3 is 0 Å². The summed E-state index contributed by atoms with van der Waals surface area (Å²) in [5.41, 5.74) is 0.945. The van der Waals surface area contributed by atoms with E-state index in [1.54, 1.807) is 23.9 Å². The van der Waals surface area contributed by atoms with Gasteiger partial charge in [-0.05, 0) is 38.1 Å². The van der Waals surface area contributed by atoms with E-state index in [-0.39, 0.29) is 36.2 Å². The third-order valence-electron chi connectivity index (χ3n) is 5.17. The zero-order valence-electron chi connectivity index (χ0n) is 15.1. The molecular formula is C18H22ClFN4O2S. The number of aromatic nitrogens is 2. The van der Waals surface area contributed by atoms with Gasteiger partial charge in [-0.25, -0.2) is 4.39 Å². The highest BCUT2D eigenvalue weighted by atomic mass is 35.5. The Bertz CT molecular complexity index is 818. The predicted octanol–water partition coefficient (Wildman–Crippen LogP) is 3.04. The number of hydrogen-bond acceptors (Lipinski definition) is 6. The number of carbonyl (C=O) groups excluding carboxylic acids is 1. The van der Waals surface area contributed by atoms with Gasteiger partial charge in [0.15, 0.2) is 5.82 Å². The van der Waals surface area contributed by atoms with Crippen molar-refractivity contribution in [1.29, 1.82) is 0 Å². The second-order valence-corrected chi connectivity index (χ2v) is 8.12. The second-order valence-electron chi connectivity index (χ2n) is 6.82. The van der Waals surface area contributed by atoms with E-state index in [1.807, 2.05) is 18.9 Å². The summed E-state index contributed by atoms with van der Waals surface area (Å²) in [5, 5.41) is 7.22. The summed E-state index contributed by atoms with van der Waals surface area (Å²) in [7, 11) is 1.89. The smallest absolute Gasteiger partial charge is 0.250 e. The molecule has 0 radical (unpaired) electrons. The van der Waals surface area contributed by atoms with Crippen molar-refractivity contribution in [2.45, 2.75) is 43.1 Å². The van der Waals surface area contributed by atoms with Gasteiger partial charge in [-0.1, -0.05) is 17.3 Å². The van der Waals surface area contributed by atoms with Crippen LogP contribution in [0, 0.1) is 5.82 Å². The standard InChI is InChI=1S/C18H21FN4O2S.ClH/c1-11(20-2)9-15-21-17(25-22-15)14-10-26-18(8-7-16(24)23(14)18)12-3-5-13(19)6-4-12;/h3-6,11,14,20H,7-10H2,1-2H3;1H. The van der Waals surface area contributed by atoms with E-state index >= 15 is 0 Å². The van der Waals surface area contributed by atoms with Crippen LogP contribution in [-0.4, -0.2) is 39.8 Å². The monoisotopic (exact) mass is 412 g/mol. The van der Waals surface area contributed by atoms with Crippen LogP contribution in [0.1, 0.15) is 43.1 Å². The normalized spacial score (nSPS) is 25.4. The predicted molar refractivity (Wildman–Crippen MR) is 103 cm³/mol. The van der Waals surface area contributed by atoms with Gasteiger partial charge in [0, 0.05) is 24.6 Å². The summed E-state index contributed by atoms with van der Waals surface area (Å²) in [6.07, 6.45) is 1.84. The van der Waals surface area contributed by atoms with E-state index in [9.17, 15) is 9.18 Å². The van der Waals surface area contributed by atoms with Crippen LogP contribution in [0.4, 0.5) is 4.39 Å². The fourth-order valence-electron chi connectivity index (χ4n) is 3.70. The maximum atomic E-state index is 13.3. The molecule has 0 aliphatic carbocycles. The van der Waals surface area contributed by atoms with Gasteiger partial charge in [0.25, 0.3) is 0 Å². The van der Waals surface area contributed by atoms with Crippen molar-refractivity contribution < 1.29 is 13.7 Å². The van der Waals surface area contributed by atoms with Crippen molar-refractivity contribution in [2.24, 2.45) is 0 Å². The lowest BCUT2D eigenvalue weighted by Crippen LogP contribution is -2.38. The lowest BCUT2D eigenvalue weighted by Gasteiger charge is -2.33. The number of carbonyl (C=O) groups is 1. The Kier molecular flexibility index (Phi) is 5.79. The van der Waals surface area contributed by atoms with Crippen molar-refractivity contribution in [3.8, 4) is 0 Å². The van der Waals surface area contributed by atoms with Crippen LogP contribution in [0.5, 0.6) is 0 Å². The molecule has 0 bridgehead atoms. The first-order valence-electron chi connectivity index (χ1n) is 8.75. The van der Waals surface area contributed by atoms with Crippen molar-refractivity contribution in [2.75, 3.05) is 12.8 Å². The molecule has 1 N–H and O–H groups in total. The van der Waals surface area contributed by atoms with E-state index in [4.69, 9.17) is 4.52 Å². The first-order valence-corrected chi connectivity index (χ1v) is 9.74. The van der Waals surface area contributed by atoms with Crippen molar-refractivity contribution in [1.82, 2.24) is 20.4 Å². The second kappa shape index (κ2) is 7.77. The highest BCUT2D eigenvalue weighted by Gasteiger charge is 2.56. The number of nitrogens with one attached hydrogen (secondary N) is 1. The maximum Gasteiger partial charge on any atom is 0.250 e. The number of thioether (sulfide) groups is 1. The molecule has 1 aromatic carbocycles. The molecule has 1 amide bonds. The zero-order chi connectivity index (χ0) is 18.3. The van der Waals surface area contributed by atoms with Crippen molar-refractivity contribution in [3.05, 3.63) is 47.4 Å². The van der Waals surface area contributed by atoms with Gasteiger partial charge in [-0.15, -0.1) is 24.2 Å². The van der Waals surface area contributed by atoms with Gasteiger partial charge < -0.3 is 14.7 Å². The molecule has 2 aromatic rings. The SMILES string of the molecule is CNC(C)Cc1noc(C2CSC3(c4ccc(F)cc4)CCC(=O)N23)n1.Cl. The summed E-state index contributed by atoms with van der Waals surface area (Å²) in [6.45, 7) is 2.05. The number of halogens is 2. The van der Waals surface area contributed by atoms with Crippen LogP contribution >= 0.6 is 24.2 Å². The number of benzene rings is 1. The average molecular weight is 413 g/mol. The van der Waals surface area contributed by atoms with E-state index in [2.05, 4.69) is 15.5 Å². The van der Waals surface area contributed by atoms with E-state index in [0.29, 0.717) is 36.7 Å². The van der Waals surface area contributed by atoms with E-state index in [1.165, 1.54) is 12.1 Å². The molecule has 0 saturated carbocycles. The van der Waals surface area contributed by atoms with Crippen LogP contribution in [0.15, 0.2) is 28.8 Å². The fourth-order valence-corrected chi connectivity index (χ4v) is 5.34. The molecule has 146 valence electrons. The molecule has 3 atom stereocenters. The Balaban J connectivity index is 0.00000210. The van der Waals surface area contributed by atoms with Crippen molar-refractivity contribution in [3.63, 3.8) is 0 Å². The van der Waals surface area contributed by atoms with Gasteiger partial charge in [0.05, 0.1) is 0 Å². The minimum atomic E-state index is -0.470. The minimum absolute atomic E-state index is 0. The van der Waals surface area contributed by atoms with Crippen LogP contribution in [0.2, 0.25) is 0 Å². The summed E-state index contributed by atoms with van der Waals surface area (Å²) in [6, 6.07) is 6.43. The molecule has 4 rings (SSSR count). The highest BCUT2D eigenvalue weighted by molar-refractivity contribution is 8.00. The fraction of sp³-hybridized carbons (Fsp3) is 0.500. The quantitative estimate of drug-likeness (QED) is 0.813. The van der Waals surface area contributed by atoms with Crippen molar-refractivity contribution >= 4 is 30.1 Å². The van der Waals surface area contributed by atoms with E-state index in [0.717, 1.165) is 5.56 Å². The Morgan fingerprint density at radius 3 is 2.89 bits per heavy atom. The molecular weight excluding hydrogens is 391 g/mol. The molecule has 1 aromatic heterocycles. The number of rotatable bonds is 5. The molecule has 2 fully saturated rings. The Morgan fingerprint density at radius 1 is 1.44 bits per heavy atom. The lowest BCUT2D eigenvalue weighted by molar-refractivity contribution is -0.131. The Hall–Kier alpha value is -1.64. The number of fused-ring (bicyclic) bond motifs is 1. The molecule has 2 saturated heterocycles. The number of nitrogens with zero attached hydrogens (tertiary/aromatic N) is 3. The number of likely N-dealkylation sites (N-methyl/N-ethyl adjacent to an activating group) is 1. The average Bonchev–Trinajstić information content (AvgIpc) is 3.32. The third-order valence-corrected chi connectivity index (χ3v) is 6.77. The minimum Gasteiger partial charge on any atom is -0.337 e. The van der Waals surface area contributed by atoms with E-state index < -0.39 is 4.87 Å². The number of hydrogen-bond donors (Lipinski definition) is 1. The van der Waals surface area contributed by atoms with Crippen LogP contribution in [0.25, 0.3) is 0 Å². The first kappa shape index (κ1) is 20.1. The van der Waals surface area contributed by atoms with Gasteiger partial charge in [0.2, 0.25) is 11.8 Å². The van der Waals surface area contributed by atoms with Gasteiger partial charge in [-0.3, -0.25) is 4.79 Å². The van der Waals surface area contributed by atoms with Gasteiger partial charge in [-0.2, -0.15) is 4.98 Å².